The lowest BCUT2D eigenvalue weighted by molar-refractivity contribution is -0.131. The highest BCUT2D eigenvalue weighted by molar-refractivity contribution is 5.85. The van der Waals surface area contributed by atoms with Crippen LogP contribution in [-0.2, 0) is 16.2 Å². The minimum atomic E-state index is -2.25. The summed E-state index contributed by atoms with van der Waals surface area (Å²) in [5, 5.41) is 11.9. The van der Waals surface area contributed by atoms with E-state index in [-0.39, 0.29) is 0 Å². The van der Waals surface area contributed by atoms with Crippen LogP contribution in [0, 0.1) is 29.1 Å². The van der Waals surface area contributed by atoms with E-state index >= 15 is 0 Å². The molecule has 136 valence electrons. The predicted molar refractivity (Wildman–Crippen MR) is 81.7 cm³/mol. The van der Waals surface area contributed by atoms with Gasteiger partial charge in [0.1, 0.15) is 6.61 Å². The molecule has 0 saturated heterocycles. The molecule has 0 unspecified atom stereocenters. The van der Waals surface area contributed by atoms with Crippen LogP contribution in [0.5, 0.6) is 0 Å². The molecule has 0 aliphatic rings. The van der Waals surface area contributed by atoms with Crippen molar-refractivity contribution in [3.8, 4) is 0 Å². The molecule has 0 saturated carbocycles. The number of hydrogen-bond donors (Lipinski definition) is 1. The van der Waals surface area contributed by atoms with E-state index in [4.69, 9.17) is 5.11 Å². The van der Waals surface area contributed by atoms with Gasteiger partial charge >= 0.3 is 5.97 Å². The van der Waals surface area contributed by atoms with E-state index in [0.717, 1.165) is 12.3 Å². The summed E-state index contributed by atoms with van der Waals surface area (Å²) in [6, 6.07) is 6.25. The molecule has 4 nitrogen and oxygen atoms in total. The third-order valence-corrected chi connectivity index (χ3v) is 3.14. The van der Waals surface area contributed by atoms with Crippen molar-refractivity contribution in [3.05, 3.63) is 76.1 Å². The van der Waals surface area contributed by atoms with Crippen molar-refractivity contribution in [2.45, 2.75) is 6.61 Å². The van der Waals surface area contributed by atoms with Gasteiger partial charge in [0.05, 0.1) is 11.8 Å². The highest BCUT2D eigenvalue weighted by Gasteiger charge is 2.25. The zero-order valence-corrected chi connectivity index (χ0v) is 12.8. The molecule has 2 aromatic carbocycles. The SMILES string of the molecule is O=C(O)/C=C/c1ccc(C=NOCc2c(F)c(F)c(F)c(F)c2F)cc1. The molecule has 2 rings (SSSR count). The quantitative estimate of drug-likeness (QED) is 0.208. The van der Waals surface area contributed by atoms with Crippen molar-refractivity contribution >= 4 is 18.3 Å². The van der Waals surface area contributed by atoms with Crippen LogP contribution in [0.1, 0.15) is 16.7 Å². The van der Waals surface area contributed by atoms with E-state index in [9.17, 15) is 26.7 Å². The molecule has 0 heterocycles. The van der Waals surface area contributed by atoms with Crippen molar-refractivity contribution < 1.29 is 36.7 Å². The summed E-state index contributed by atoms with van der Waals surface area (Å²) in [4.78, 5) is 15.0. The fourth-order valence-corrected chi connectivity index (χ4v) is 1.84. The number of oxime groups is 1. The maximum atomic E-state index is 13.4. The van der Waals surface area contributed by atoms with Gasteiger partial charge in [-0.3, -0.25) is 0 Å². The van der Waals surface area contributed by atoms with E-state index in [1.165, 1.54) is 6.08 Å². The van der Waals surface area contributed by atoms with Crippen LogP contribution < -0.4 is 0 Å². The fourth-order valence-electron chi connectivity index (χ4n) is 1.84. The molecular weight excluding hydrogens is 361 g/mol. The average molecular weight is 371 g/mol. The van der Waals surface area contributed by atoms with E-state index in [0.29, 0.717) is 11.1 Å². The molecule has 0 aromatic heterocycles. The Hall–Kier alpha value is -3.23. The van der Waals surface area contributed by atoms with Gasteiger partial charge in [0.2, 0.25) is 5.82 Å². The zero-order valence-electron chi connectivity index (χ0n) is 12.8. The number of nitrogens with zero attached hydrogens (tertiary/aromatic N) is 1. The molecule has 0 radical (unpaired) electrons. The van der Waals surface area contributed by atoms with Gasteiger partial charge in [-0.1, -0.05) is 29.4 Å². The molecule has 9 heteroatoms. The fraction of sp³-hybridized carbons (Fsp3) is 0.0588. The van der Waals surface area contributed by atoms with Crippen molar-refractivity contribution in [1.29, 1.82) is 0 Å². The van der Waals surface area contributed by atoms with E-state index in [1.807, 2.05) is 0 Å². The average Bonchev–Trinajstić information content (AvgIpc) is 2.63. The van der Waals surface area contributed by atoms with Gasteiger partial charge in [-0.15, -0.1) is 0 Å². The first kappa shape index (κ1) is 19.1. The lowest BCUT2D eigenvalue weighted by Crippen LogP contribution is -2.07. The number of aliphatic carboxylic acids is 1. The molecule has 0 spiro atoms. The Bertz CT molecular complexity index is 850. The predicted octanol–water partition coefficient (Wildman–Crippen LogP) is 4.03. The van der Waals surface area contributed by atoms with Crippen molar-refractivity contribution in [2.75, 3.05) is 0 Å². The van der Waals surface area contributed by atoms with Gasteiger partial charge < -0.3 is 9.94 Å². The summed E-state index contributed by atoms with van der Waals surface area (Å²) in [7, 11) is 0. The van der Waals surface area contributed by atoms with Crippen LogP contribution in [0.3, 0.4) is 0 Å². The summed E-state index contributed by atoms with van der Waals surface area (Å²) >= 11 is 0. The highest BCUT2D eigenvalue weighted by Crippen LogP contribution is 2.23. The summed E-state index contributed by atoms with van der Waals surface area (Å²) in [5.41, 5.74) is -0.0329. The Balaban J connectivity index is 2.03. The minimum absolute atomic E-state index is 0.495. The Morgan fingerprint density at radius 1 is 0.923 bits per heavy atom. The smallest absolute Gasteiger partial charge is 0.328 e. The molecule has 0 bridgehead atoms. The second kappa shape index (κ2) is 8.24. The van der Waals surface area contributed by atoms with E-state index in [2.05, 4.69) is 9.99 Å². The summed E-state index contributed by atoms with van der Waals surface area (Å²) in [6.45, 7) is -0.957. The summed E-state index contributed by atoms with van der Waals surface area (Å²) < 4.78 is 65.8. The lowest BCUT2D eigenvalue weighted by atomic mass is 10.1. The second-order valence-electron chi connectivity index (χ2n) is 4.89. The lowest BCUT2D eigenvalue weighted by Gasteiger charge is -2.06. The number of carbonyl (C=O) groups is 1. The molecule has 1 N–H and O–H groups in total. The van der Waals surface area contributed by atoms with Gasteiger partial charge in [-0.25, -0.2) is 26.7 Å². The van der Waals surface area contributed by atoms with Gasteiger partial charge in [0, 0.05) is 6.08 Å². The molecule has 2 aromatic rings. The Morgan fingerprint density at radius 2 is 1.42 bits per heavy atom. The first-order valence-corrected chi connectivity index (χ1v) is 6.98. The largest absolute Gasteiger partial charge is 0.478 e. The first-order valence-electron chi connectivity index (χ1n) is 6.98. The van der Waals surface area contributed by atoms with Crippen molar-refractivity contribution in [3.63, 3.8) is 0 Å². The van der Waals surface area contributed by atoms with Crippen LogP contribution in [-0.4, -0.2) is 17.3 Å². The zero-order chi connectivity index (χ0) is 19.3. The number of halogens is 5. The normalized spacial score (nSPS) is 11.4. The van der Waals surface area contributed by atoms with Gasteiger partial charge in [0.15, 0.2) is 23.3 Å². The number of hydrogen-bond acceptors (Lipinski definition) is 3. The maximum Gasteiger partial charge on any atom is 0.328 e. The second-order valence-corrected chi connectivity index (χ2v) is 4.89. The van der Waals surface area contributed by atoms with Gasteiger partial charge in [0.25, 0.3) is 0 Å². The Morgan fingerprint density at radius 3 is 1.96 bits per heavy atom. The molecule has 26 heavy (non-hydrogen) atoms. The highest BCUT2D eigenvalue weighted by atomic mass is 19.2. The molecule has 0 aliphatic heterocycles. The molecule has 0 amide bonds. The van der Waals surface area contributed by atoms with Crippen LogP contribution in [0.25, 0.3) is 6.08 Å². The molecule has 0 atom stereocenters. The van der Waals surface area contributed by atoms with Crippen LogP contribution in [0.2, 0.25) is 0 Å². The van der Waals surface area contributed by atoms with Crippen molar-refractivity contribution in [2.24, 2.45) is 5.16 Å². The molecule has 0 aliphatic carbocycles. The number of rotatable bonds is 6. The number of carboxylic acids is 1. The van der Waals surface area contributed by atoms with Gasteiger partial charge in [-0.2, -0.15) is 0 Å². The third kappa shape index (κ3) is 4.44. The number of carboxylic acid groups (broad SMARTS) is 1. The summed E-state index contributed by atoms with van der Waals surface area (Å²) in [6.07, 6.45) is 3.47. The summed E-state index contributed by atoms with van der Waals surface area (Å²) in [5.74, 6) is -11.4. The monoisotopic (exact) mass is 371 g/mol. The van der Waals surface area contributed by atoms with E-state index < -0.39 is 47.2 Å². The maximum absolute atomic E-state index is 13.4. The third-order valence-electron chi connectivity index (χ3n) is 3.14. The van der Waals surface area contributed by atoms with Crippen molar-refractivity contribution in [1.82, 2.24) is 0 Å². The van der Waals surface area contributed by atoms with E-state index in [1.54, 1.807) is 24.3 Å². The van der Waals surface area contributed by atoms with Gasteiger partial charge in [-0.05, 0) is 17.2 Å². The topological polar surface area (TPSA) is 58.9 Å². The Kier molecular flexibility index (Phi) is 6.05. The number of benzene rings is 2. The molecule has 0 fully saturated rings. The first-order chi connectivity index (χ1) is 12.3. The standard InChI is InChI=1S/C17H10F5NO3/c18-13-11(14(19)16(21)17(22)15(13)20)8-26-23-7-10-3-1-9(2-4-10)5-6-12(24)25/h1-7H,8H2,(H,24,25)/b6-5+,23-7?. The minimum Gasteiger partial charge on any atom is -0.478 e. The van der Waals surface area contributed by atoms with Crippen LogP contribution >= 0.6 is 0 Å². The Labute approximate surface area is 143 Å². The molecular formula is C17H10F5NO3. The van der Waals surface area contributed by atoms with Crippen LogP contribution in [0.4, 0.5) is 22.0 Å². The van der Waals surface area contributed by atoms with Crippen LogP contribution in [0.15, 0.2) is 35.5 Å².